The number of halogens is 1. The van der Waals surface area contributed by atoms with Gasteiger partial charge < -0.3 is 20.1 Å². The SMILES string of the molecule is CCNC(=NCc1ccc(OC)cc1OC)NCCc1ccccc1.I. The smallest absolute Gasteiger partial charge is 0.191 e. The van der Waals surface area contributed by atoms with Crippen LogP contribution in [-0.4, -0.2) is 33.3 Å². The molecule has 0 atom stereocenters. The number of guanidine groups is 1. The molecular formula is C20H28IN3O2. The van der Waals surface area contributed by atoms with Gasteiger partial charge in [-0.15, -0.1) is 24.0 Å². The van der Waals surface area contributed by atoms with Crippen LogP contribution in [0.5, 0.6) is 11.5 Å². The minimum Gasteiger partial charge on any atom is -0.497 e. The number of nitrogens with one attached hydrogen (secondary N) is 2. The van der Waals surface area contributed by atoms with Gasteiger partial charge in [-0.2, -0.15) is 0 Å². The van der Waals surface area contributed by atoms with Gasteiger partial charge in [-0.1, -0.05) is 30.3 Å². The first-order chi connectivity index (χ1) is 12.3. The van der Waals surface area contributed by atoms with E-state index >= 15 is 0 Å². The number of aliphatic imine (C=N–C) groups is 1. The highest BCUT2D eigenvalue weighted by Crippen LogP contribution is 2.25. The monoisotopic (exact) mass is 469 g/mol. The molecular weight excluding hydrogens is 441 g/mol. The fourth-order valence-electron chi connectivity index (χ4n) is 2.46. The summed E-state index contributed by atoms with van der Waals surface area (Å²) in [6.07, 6.45) is 0.955. The highest BCUT2D eigenvalue weighted by Gasteiger charge is 2.05. The minimum atomic E-state index is 0. The lowest BCUT2D eigenvalue weighted by molar-refractivity contribution is 0.391. The average molecular weight is 469 g/mol. The van der Waals surface area contributed by atoms with E-state index in [1.165, 1.54) is 5.56 Å². The molecule has 2 aromatic carbocycles. The fraction of sp³-hybridized carbons (Fsp3) is 0.350. The van der Waals surface area contributed by atoms with Crippen molar-refractivity contribution in [2.75, 3.05) is 27.3 Å². The Morgan fingerprint density at radius 2 is 1.77 bits per heavy atom. The van der Waals surface area contributed by atoms with Crippen molar-refractivity contribution in [3.05, 3.63) is 59.7 Å². The molecule has 0 spiro atoms. The van der Waals surface area contributed by atoms with Crippen LogP contribution in [0, 0.1) is 0 Å². The van der Waals surface area contributed by atoms with Gasteiger partial charge in [0.1, 0.15) is 11.5 Å². The van der Waals surface area contributed by atoms with Gasteiger partial charge in [0.15, 0.2) is 5.96 Å². The summed E-state index contributed by atoms with van der Waals surface area (Å²) in [7, 11) is 3.30. The van der Waals surface area contributed by atoms with Crippen molar-refractivity contribution in [1.82, 2.24) is 10.6 Å². The standard InChI is InChI=1S/C20H27N3O2.HI/c1-4-21-20(22-13-12-16-8-6-5-7-9-16)23-15-17-10-11-18(24-2)14-19(17)25-3;/h5-11,14H,4,12-13,15H2,1-3H3,(H2,21,22,23);1H. The first kappa shape index (κ1) is 22.1. The summed E-state index contributed by atoms with van der Waals surface area (Å²) < 4.78 is 10.7. The maximum Gasteiger partial charge on any atom is 0.191 e. The van der Waals surface area contributed by atoms with Crippen LogP contribution in [0.4, 0.5) is 0 Å². The van der Waals surface area contributed by atoms with Crippen LogP contribution in [0.15, 0.2) is 53.5 Å². The predicted octanol–water partition coefficient (Wildman–Crippen LogP) is 3.62. The topological polar surface area (TPSA) is 54.9 Å². The van der Waals surface area contributed by atoms with E-state index in [1.807, 2.05) is 24.3 Å². The van der Waals surface area contributed by atoms with Gasteiger partial charge in [-0.3, -0.25) is 0 Å². The molecule has 0 radical (unpaired) electrons. The van der Waals surface area contributed by atoms with Crippen LogP contribution in [0.1, 0.15) is 18.1 Å². The molecule has 0 aliphatic heterocycles. The molecule has 26 heavy (non-hydrogen) atoms. The van der Waals surface area contributed by atoms with E-state index in [2.05, 4.69) is 46.8 Å². The Labute approximate surface area is 173 Å². The fourth-order valence-corrected chi connectivity index (χ4v) is 2.46. The Hall–Kier alpha value is -1.96. The largest absolute Gasteiger partial charge is 0.497 e. The lowest BCUT2D eigenvalue weighted by Crippen LogP contribution is -2.38. The molecule has 5 nitrogen and oxygen atoms in total. The van der Waals surface area contributed by atoms with Crippen LogP contribution in [0.3, 0.4) is 0 Å². The van der Waals surface area contributed by atoms with E-state index in [1.54, 1.807) is 14.2 Å². The third kappa shape index (κ3) is 7.11. The molecule has 2 rings (SSSR count). The zero-order valence-corrected chi connectivity index (χ0v) is 17.9. The molecule has 0 unspecified atom stereocenters. The Morgan fingerprint density at radius 1 is 1.00 bits per heavy atom. The summed E-state index contributed by atoms with van der Waals surface area (Å²) in [6, 6.07) is 16.2. The highest BCUT2D eigenvalue weighted by atomic mass is 127. The normalized spacial score (nSPS) is 10.7. The molecule has 142 valence electrons. The highest BCUT2D eigenvalue weighted by molar-refractivity contribution is 14.0. The van der Waals surface area contributed by atoms with Crippen LogP contribution < -0.4 is 20.1 Å². The second-order valence-electron chi connectivity index (χ2n) is 5.54. The number of nitrogens with zero attached hydrogens (tertiary/aromatic N) is 1. The quantitative estimate of drug-likeness (QED) is 0.353. The van der Waals surface area contributed by atoms with E-state index in [-0.39, 0.29) is 24.0 Å². The van der Waals surface area contributed by atoms with Crippen LogP contribution in [0.25, 0.3) is 0 Å². The van der Waals surface area contributed by atoms with Crippen molar-refractivity contribution < 1.29 is 9.47 Å². The third-order valence-corrected chi connectivity index (χ3v) is 3.79. The summed E-state index contributed by atoms with van der Waals surface area (Å²) in [4.78, 5) is 4.65. The Balaban J connectivity index is 0.00000338. The molecule has 0 aliphatic rings. The van der Waals surface area contributed by atoms with E-state index < -0.39 is 0 Å². The molecule has 0 saturated heterocycles. The maximum absolute atomic E-state index is 5.43. The van der Waals surface area contributed by atoms with E-state index in [4.69, 9.17) is 9.47 Å². The summed E-state index contributed by atoms with van der Waals surface area (Å²) in [5.74, 6) is 2.36. The molecule has 0 fully saturated rings. The zero-order valence-electron chi connectivity index (χ0n) is 15.6. The second-order valence-corrected chi connectivity index (χ2v) is 5.54. The molecule has 6 heteroatoms. The first-order valence-corrected chi connectivity index (χ1v) is 8.53. The molecule has 0 bridgehead atoms. The number of methoxy groups -OCH3 is 2. The summed E-state index contributed by atoms with van der Waals surface area (Å²) in [5, 5.41) is 6.65. The van der Waals surface area contributed by atoms with Gasteiger partial charge in [-0.05, 0) is 31.0 Å². The molecule has 2 N–H and O–H groups in total. The van der Waals surface area contributed by atoms with Gasteiger partial charge in [-0.25, -0.2) is 4.99 Å². The lowest BCUT2D eigenvalue weighted by atomic mass is 10.1. The molecule has 0 aromatic heterocycles. The van der Waals surface area contributed by atoms with Crippen molar-refractivity contribution in [3.63, 3.8) is 0 Å². The van der Waals surface area contributed by atoms with Gasteiger partial charge in [0.25, 0.3) is 0 Å². The van der Waals surface area contributed by atoms with Gasteiger partial charge in [0, 0.05) is 24.7 Å². The van der Waals surface area contributed by atoms with Crippen molar-refractivity contribution >= 4 is 29.9 Å². The molecule has 2 aromatic rings. The maximum atomic E-state index is 5.43. The summed E-state index contributed by atoms with van der Waals surface area (Å²) >= 11 is 0. The van der Waals surface area contributed by atoms with Crippen LogP contribution in [0.2, 0.25) is 0 Å². The molecule has 0 aliphatic carbocycles. The third-order valence-electron chi connectivity index (χ3n) is 3.79. The van der Waals surface area contributed by atoms with Crippen LogP contribution >= 0.6 is 24.0 Å². The van der Waals surface area contributed by atoms with Crippen molar-refractivity contribution in [2.45, 2.75) is 19.9 Å². The number of benzene rings is 2. The first-order valence-electron chi connectivity index (χ1n) is 8.53. The van der Waals surface area contributed by atoms with Crippen molar-refractivity contribution in [1.29, 1.82) is 0 Å². The van der Waals surface area contributed by atoms with Crippen molar-refractivity contribution in [3.8, 4) is 11.5 Å². The minimum absolute atomic E-state index is 0. The predicted molar refractivity (Wildman–Crippen MR) is 118 cm³/mol. The number of hydrogen-bond acceptors (Lipinski definition) is 3. The Kier molecular flexibility index (Phi) is 10.5. The number of ether oxygens (including phenoxy) is 2. The number of rotatable bonds is 8. The van der Waals surface area contributed by atoms with E-state index in [0.29, 0.717) is 6.54 Å². The molecule has 0 saturated carbocycles. The molecule has 0 heterocycles. The number of hydrogen-bond donors (Lipinski definition) is 2. The van der Waals surface area contributed by atoms with Crippen LogP contribution in [-0.2, 0) is 13.0 Å². The summed E-state index contributed by atoms with van der Waals surface area (Å²) in [6.45, 7) is 4.24. The molecule has 0 amide bonds. The average Bonchev–Trinajstić information content (AvgIpc) is 2.66. The van der Waals surface area contributed by atoms with E-state index in [9.17, 15) is 0 Å². The Morgan fingerprint density at radius 3 is 2.42 bits per heavy atom. The second kappa shape index (κ2) is 12.4. The van der Waals surface area contributed by atoms with Gasteiger partial charge >= 0.3 is 0 Å². The van der Waals surface area contributed by atoms with Gasteiger partial charge in [0.2, 0.25) is 0 Å². The summed E-state index contributed by atoms with van der Waals surface area (Å²) in [5.41, 5.74) is 2.33. The van der Waals surface area contributed by atoms with Crippen molar-refractivity contribution in [2.24, 2.45) is 4.99 Å². The van der Waals surface area contributed by atoms with E-state index in [0.717, 1.165) is 42.5 Å². The zero-order chi connectivity index (χ0) is 17.9. The van der Waals surface area contributed by atoms with Gasteiger partial charge in [0.05, 0.1) is 20.8 Å². The Bertz CT molecular complexity index is 678. The lowest BCUT2D eigenvalue weighted by Gasteiger charge is -2.13.